The van der Waals surface area contributed by atoms with E-state index in [2.05, 4.69) is 5.32 Å². The van der Waals surface area contributed by atoms with Crippen LogP contribution in [0.15, 0.2) is 18.2 Å². The zero-order valence-corrected chi connectivity index (χ0v) is 16.0. The molecule has 1 amide bonds. The van der Waals surface area contributed by atoms with Crippen LogP contribution in [0.25, 0.3) is 0 Å². The number of amides is 1. The monoisotopic (exact) mass is 392 g/mol. The molecule has 2 N–H and O–H groups in total. The SMILES string of the molecule is CCOCON(CC(C)F)S(=O)(=O)C(O)C(=O)Nc1c(C)cccc1C. The fraction of sp³-hybridized carbons (Fsp3) is 0.562. The first kappa shape index (κ1) is 22.5. The predicted molar refractivity (Wildman–Crippen MR) is 94.3 cm³/mol. The minimum absolute atomic E-state index is 0.238. The molecular formula is C16H25FN2O6S. The molecule has 10 heteroatoms. The summed E-state index contributed by atoms with van der Waals surface area (Å²) in [5.41, 5.74) is -0.677. The highest BCUT2D eigenvalue weighted by Crippen LogP contribution is 2.20. The van der Waals surface area contributed by atoms with Crippen molar-refractivity contribution in [3.05, 3.63) is 29.3 Å². The highest BCUT2D eigenvalue weighted by molar-refractivity contribution is 7.90. The van der Waals surface area contributed by atoms with Gasteiger partial charge in [-0.3, -0.25) is 9.63 Å². The van der Waals surface area contributed by atoms with Crippen LogP contribution in [0, 0.1) is 13.8 Å². The largest absolute Gasteiger partial charge is 0.368 e. The molecule has 0 fully saturated rings. The molecule has 0 aliphatic heterocycles. The Morgan fingerprint density at radius 1 is 1.35 bits per heavy atom. The van der Waals surface area contributed by atoms with E-state index in [9.17, 15) is 22.7 Å². The number of para-hydroxylation sites is 1. The smallest absolute Gasteiger partial charge is 0.272 e. The van der Waals surface area contributed by atoms with Crippen molar-refractivity contribution in [1.82, 2.24) is 4.47 Å². The van der Waals surface area contributed by atoms with Crippen LogP contribution in [-0.4, -0.2) is 55.5 Å². The summed E-state index contributed by atoms with van der Waals surface area (Å²) < 4.78 is 43.3. The lowest BCUT2D eigenvalue weighted by atomic mass is 10.1. The Balaban J connectivity index is 2.97. The van der Waals surface area contributed by atoms with E-state index < -0.39 is 40.9 Å². The second-order valence-corrected chi connectivity index (χ2v) is 7.54. The van der Waals surface area contributed by atoms with Gasteiger partial charge in [-0.05, 0) is 38.8 Å². The third-order valence-corrected chi connectivity index (χ3v) is 5.00. The van der Waals surface area contributed by atoms with Crippen LogP contribution in [0.5, 0.6) is 0 Å². The number of benzene rings is 1. The molecule has 0 aromatic heterocycles. The van der Waals surface area contributed by atoms with Gasteiger partial charge in [0, 0.05) is 12.3 Å². The fourth-order valence-electron chi connectivity index (χ4n) is 2.06. The molecule has 2 unspecified atom stereocenters. The summed E-state index contributed by atoms with van der Waals surface area (Å²) in [7, 11) is -4.69. The molecule has 0 heterocycles. The summed E-state index contributed by atoms with van der Waals surface area (Å²) in [6, 6.07) is 5.23. The Morgan fingerprint density at radius 2 is 1.92 bits per heavy atom. The number of hydrogen-bond acceptors (Lipinski definition) is 6. The van der Waals surface area contributed by atoms with Crippen LogP contribution in [0.4, 0.5) is 10.1 Å². The summed E-state index contributed by atoms with van der Waals surface area (Å²) in [5.74, 6) is -1.17. The van der Waals surface area contributed by atoms with Crippen molar-refractivity contribution in [2.75, 3.05) is 25.3 Å². The molecule has 0 aliphatic carbocycles. The number of aliphatic hydroxyl groups excluding tert-OH is 1. The lowest BCUT2D eigenvalue weighted by Crippen LogP contribution is -2.46. The van der Waals surface area contributed by atoms with Gasteiger partial charge < -0.3 is 15.2 Å². The topological polar surface area (TPSA) is 105 Å². The molecule has 0 aliphatic rings. The maximum Gasteiger partial charge on any atom is 0.272 e. The van der Waals surface area contributed by atoms with Crippen molar-refractivity contribution >= 4 is 21.6 Å². The maximum absolute atomic E-state index is 13.3. The van der Waals surface area contributed by atoms with Gasteiger partial charge in [-0.25, -0.2) is 12.8 Å². The van der Waals surface area contributed by atoms with Crippen LogP contribution >= 0.6 is 0 Å². The molecule has 1 rings (SSSR count). The Hall–Kier alpha value is -1.59. The van der Waals surface area contributed by atoms with Crippen LogP contribution in [0.2, 0.25) is 0 Å². The Morgan fingerprint density at radius 3 is 2.42 bits per heavy atom. The molecule has 1 aromatic carbocycles. The second kappa shape index (κ2) is 9.93. The van der Waals surface area contributed by atoms with Gasteiger partial charge in [-0.1, -0.05) is 22.7 Å². The lowest BCUT2D eigenvalue weighted by molar-refractivity contribution is -0.178. The number of nitrogens with zero attached hydrogens (tertiary/aromatic N) is 1. The van der Waals surface area contributed by atoms with E-state index in [4.69, 9.17) is 9.57 Å². The van der Waals surface area contributed by atoms with E-state index in [1.807, 2.05) is 0 Å². The first-order valence-corrected chi connectivity index (χ1v) is 9.53. The summed E-state index contributed by atoms with van der Waals surface area (Å²) >= 11 is 0. The number of halogens is 1. The Bertz CT molecular complexity index is 690. The normalized spacial score (nSPS) is 14.3. The summed E-state index contributed by atoms with van der Waals surface area (Å²) in [4.78, 5) is 17.1. The Labute approximate surface area is 152 Å². The van der Waals surface area contributed by atoms with Crippen molar-refractivity contribution in [3.8, 4) is 0 Å². The average Bonchev–Trinajstić information content (AvgIpc) is 2.56. The quantitative estimate of drug-likeness (QED) is 0.355. The van der Waals surface area contributed by atoms with Gasteiger partial charge in [0.2, 0.25) is 0 Å². The molecule has 0 saturated heterocycles. The van der Waals surface area contributed by atoms with Crippen molar-refractivity contribution in [1.29, 1.82) is 0 Å². The van der Waals surface area contributed by atoms with Crippen molar-refractivity contribution in [2.45, 2.75) is 39.3 Å². The van der Waals surface area contributed by atoms with Gasteiger partial charge in [0.05, 0.1) is 6.54 Å². The first-order valence-electron chi connectivity index (χ1n) is 8.02. The zero-order valence-electron chi connectivity index (χ0n) is 15.2. The van der Waals surface area contributed by atoms with Crippen molar-refractivity contribution in [2.24, 2.45) is 0 Å². The van der Waals surface area contributed by atoms with Crippen LogP contribution < -0.4 is 5.32 Å². The van der Waals surface area contributed by atoms with Crippen LogP contribution in [0.3, 0.4) is 0 Å². The number of ether oxygens (including phenoxy) is 1. The molecule has 2 atom stereocenters. The molecule has 0 radical (unpaired) electrons. The van der Waals surface area contributed by atoms with Crippen LogP contribution in [-0.2, 0) is 24.4 Å². The zero-order chi connectivity index (χ0) is 19.9. The summed E-state index contributed by atoms with van der Waals surface area (Å²) in [5, 5.41) is 12.4. The molecule has 0 spiro atoms. The maximum atomic E-state index is 13.3. The number of carbonyl (C=O) groups is 1. The van der Waals surface area contributed by atoms with Gasteiger partial charge in [0.1, 0.15) is 6.17 Å². The van der Waals surface area contributed by atoms with Gasteiger partial charge >= 0.3 is 0 Å². The molecule has 8 nitrogen and oxygen atoms in total. The number of aliphatic hydroxyl groups is 1. The predicted octanol–water partition coefficient (Wildman–Crippen LogP) is 1.48. The standard InChI is InChI=1S/C16H25FN2O6S/c1-5-24-10-25-19(9-13(4)17)26(22,23)16(21)15(20)18-14-11(2)7-6-8-12(14)3/h6-8,13,16,21H,5,9-10H2,1-4H3,(H,18,20). The van der Waals surface area contributed by atoms with E-state index in [1.54, 1.807) is 39.0 Å². The fourth-order valence-corrected chi connectivity index (χ4v) is 3.21. The van der Waals surface area contributed by atoms with E-state index in [1.165, 1.54) is 0 Å². The minimum atomic E-state index is -4.69. The van der Waals surface area contributed by atoms with Gasteiger partial charge in [-0.2, -0.15) is 0 Å². The highest BCUT2D eigenvalue weighted by Gasteiger charge is 2.38. The van der Waals surface area contributed by atoms with Gasteiger partial charge in [0.15, 0.2) is 6.79 Å². The van der Waals surface area contributed by atoms with E-state index in [-0.39, 0.29) is 11.1 Å². The third-order valence-electron chi connectivity index (χ3n) is 3.40. The van der Waals surface area contributed by atoms with E-state index in [0.29, 0.717) is 16.8 Å². The van der Waals surface area contributed by atoms with E-state index in [0.717, 1.165) is 6.92 Å². The molecule has 0 bridgehead atoms. The van der Waals surface area contributed by atoms with E-state index >= 15 is 0 Å². The number of anilines is 1. The Kier molecular flexibility index (Phi) is 8.57. The minimum Gasteiger partial charge on any atom is -0.368 e. The summed E-state index contributed by atoms with van der Waals surface area (Å²) in [6.45, 7) is 5.32. The van der Waals surface area contributed by atoms with Gasteiger partial charge in [-0.15, -0.1) is 0 Å². The molecule has 0 saturated carbocycles. The highest BCUT2D eigenvalue weighted by atomic mass is 32.2. The number of sulfonamides is 1. The number of alkyl halides is 1. The number of hydrogen-bond donors (Lipinski definition) is 2. The number of hydroxylamine groups is 1. The number of rotatable bonds is 10. The molecular weight excluding hydrogens is 367 g/mol. The first-order chi connectivity index (χ1) is 12.1. The van der Waals surface area contributed by atoms with Crippen molar-refractivity contribution < 1.29 is 32.3 Å². The van der Waals surface area contributed by atoms with Crippen LogP contribution in [0.1, 0.15) is 25.0 Å². The molecule has 26 heavy (non-hydrogen) atoms. The van der Waals surface area contributed by atoms with Gasteiger partial charge in [0.25, 0.3) is 21.4 Å². The molecule has 148 valence electrons. The second-order valence-electron chi connectivity index (χ2n) is 5.66. The summed E-state index contributed by atoms with van der Waals surface area (Å²) in [6.07, 6.45) is -1.58. The third kappa shape index (κ3) is 5.99. The molecule has 1 aromatic rings. The number of aryl methyl sites for hydroxylation is 2. The number of carbonyl (C=O) groups excluding carboxylic acids is 1. The lowest BCUT2D eigenvalue weighted by Gasteiger charge is -2.24. The average molecular weight is 392 g/mol. The van der Waals surface area contributed by atoms with Crippen molar-refractivity contribution in [3.63, 3.8) is 0 Å². The number of nitrogens with one attached hydrogen (secondary N) is 1.